The Labute approximate surface area is 88.1 Å². The zero-order chi connectivity index (χ0) is 11.5. The third-order valence-corrected chi connectivity index (χ3v) is 1.53. The first-order chi connectivity index (χ1) is 6.88. The van der Waals surface area contributed by atoms with E-state index in [-0.39, 0.29) is 16.9 Å². The monoisotopic (exact) mass is 210 g/mol. The molecule has 0 bridgehead atoms. The molecule has 5 heteroatoms. The van der Waals surface area contributed by atoms with Gasteiger partial charge in [-0.1, -0.05) is 20.8 Å². The van der Waals surface area contributed by atoms with Crippen molar-refractivity contribution in [2.24, 2.45) is 5.41 Å². The van der Waals surface area contributed by atoms with E-state index in [4.69, 9.17) is 9.84 Å². The minimum absolute atomic E-state index is 0.000901. The summed E-state index contributed by atoms with van der Waals surface area (Å²) < 4.78 is 5.32. The van der Waals surface area contributed by atoms with Crippen molar-refractivity contribution in [2.75, 3.05) is 6.61 Å². The average Bonchev–Trinajstić information content (AvgIpc) is 2.14. The summed E-state index contributed by atoms with van der Waals surface area (Å²) in [4.78, 5) is 10.6. The van der Waals surface area contributed by atoms with Crippen LogP contribution in [0.1, 0.15) is 31.1 Å². The molecule has 1 aromatic heterocycles. The molecule has 1 aromatic rings. The van der Waals surface area contributed by atoms with Crippen molar-refractivity contribution < 1.29 is 14.6 Å². The van der Waals surface area contributed by atoms with Crippen molar-refractivity contribution in [1.82, 2.24) is 10.2 Å². The number of carboxylic acids is 1. The third-order valence-electron chi connectivity index (χ3n) is 1.53. The van der Waals surface area contributed by atoms with Crippen LogP contribution >= 0.6 is 0 Å². The Balaban J connectivity index is 2.70. The summed E-state index contributed by atoms with van der Waals surface area (Å²) in [5.41, 5.74) is 0.0786. The molecule has 1 heterocycles. The standard InChI is InChI=1S/C10H14N2O3/c1-10(2,3)6-15-8-4-7(9(13)14)5-11-12-8/h4-5H,6H2,1-3H3,(H,13,14). The molecule has 0 saturated carbocycles. The maximum absolute atomic E-state index is 10.6. The highest BCUT2D eigenvalue weighted by molar-refractivity contribution is 5.87. The van der Waals surface area contributed by atoms with Crippen LogP contribution in [0.3, 0.4) is 0 Å². The van der Waals surface area contributed by atoms with Crippen LogP contribution in [0.5, 0.6) is 5.88 Å². The lowest BCUT2D eigenvalue weighted by atomic mass is 9.99. The molecule has 0 aromatic carbocycles. The Bertz CT molecular complexity index is 358. The van der Waals surface area contributed by atoms with Gasteiger partial charge in [-0.2, -0.15) is 5.10 Å². The van der Waals surface area contributed by atoms with E-state index in [1.165, 1.54) is 12.3 Å². The fraction of sp³-hybridized carbons (Fsp3) is 0.500. The van der Waals surface area contributed by atoms with Gasteiger partial charge < -0.3 is 9.84 Å². The lowest BCUT2D eigenvalue weighted by molar-refractivity contribution is 0.0695. The van der Waals surface area contributed by atoms with Crippen molar-refractivity contribution in [1.29, 1.82) is 0 Å². The first kappa shape index (κ1) is 11.4. The van der Waals surface area contributed by atoms with Crippen molar-refractivity contribution in [2.45, 2.75) is 20.8 Å². The van der Waals surface area contributed by atoms with Gasteiger partial charge in [-0.3, -0.25) is 0 Å². The Morgan fingerprint density at radius 2 is 2.20 bits per heavy atom. The highest BCUT2D eigenvalue weighted by Crippen LogP contribution is 2.15. The number of hydrogen-bond donors (Lipinski definition) is 1. The second-order valence-corrected chi connectivity index (χ2v) is 4.44. The minimum Gasteiger partial charge on any atom is -0.478 e. The second kappa shape index (κ2) is 4.25. The quantitative estimate of drug-likeness (QED) is 0.820. The van der Waals surface area contributed by atoms with E-state index in [0.717, 1.165) is 0 Å². The summed E-state index contributed by atoms with van der Waals surface area (Å²) in [5.74, 6) is -0.796. The molecule has 0 atom stereocenters. The van der Waals surface area contributed by atoms with E-state index in [1.54, 1.807) is 0 Å². The number of aromatic nitrogens is 2. The van der Waals surface area contributed by atoms with Gasteiger partial charge in [0.25, 0.3) is 0 Å². The van der Waals surface area contributed by atoms with Crippen molar-refractivity contribution >= 4 is 5.97 Å². The molecular weight excluding hydrogens is 196 g/mol. The number of ether oxygens (including phenoxy) is 1. The van der Waals surface area contributed by atoms with Gasteiger partial charge in [0.05, 0.1) is 18.4 Å². The van der Waals surface area contributed by atoms with Gasteiger partial charge in [-0.25, -0.2) is 4.79 Å². The average molecular weight is 210 g/mol. The topological polar surface area (TPSA) is 72.3 Å². The number of hydrogen-bond acceptors (Lipinski definition) is 4. The van der Waals surface area contributed by atoms with Gasteiger partial charge in [0.1, 0.15) is 0 Å². The largest absolute Gasteiger partial charge is 0.478 e. The maximum Gasteiger partial charge on any atom is 0.337 e. The summed E-state index contributed by atoms with van der Waals surface area (Å²) >= 11 is 0. The molecule has 82 valence electrons. The molecule has 0 aliphatic carbocycles. The van der Waals surface area contributed by atoms with Crippen LogP contribution in [0, 0.1) is 5.41 Å². The van der Waals surface area contributed by atoms with Gasteiger partial charge in [0.2, 0.25) is 5.88 Å². The van der Waals surface area contributed by atoms with Gasteiger partial charge in [0, 0.05) is 6.07 Å². The number of carbonyl (C=O) groups is 1. The molecule has 1 rings (SSSR count). The Kier molecular flexibility index (Phi) is 3.24. The van der Waals surface area contributed by atoms with Gasteiger partial charge in [-0.05, 0) is 5.41 Å². The first-order valence-corrected chi connectivity index (χ1v) is 4.57. The number of aromatic carboxylic acids is 1. The zero-order valence-corrected chi connectivity index (χ0v) is 9.02. The smallest absolute Gasteiger partial charge is 0.337 e. The SMILES string of the molecule is CC(C)(C)COc1cc(C(=O)O)cnn1. The van der Waals surface area contributed by atoms with Crippen molar-refractivity contribution in [3.63, 3.8) is 0 Å². The number of carboxylic acid groups (broad SMARTS) is 1. The summed E-state index contributed by atoms with van der Waals surface area (Å²) in [6.07, 6.45) is 1.19. The van der Waals surface area contributed by atoms with Crippen LogP contribution in [0.15, 0.2) is 12.3 Å². The molecule has 0 spiro atoms. The molecule has 5 nitrogen and oxygen atoms in total. The summed E-state index contributed by atoms with van der Waals surface area (Å²) in [7, 11) is 0. The predicted molar refractivity (Wildman–Crippen MR) is 53.9 cm³/mol. The van der Waals surface area contributed by atoms with Crippen molar-refractivity contribution in [3.8, 4) is 5.88 Å². The van der Waals surface area contributed by atoms with E-state index in [0.29, 0.717) is 6.61 Å². The summed E-state index contributed by atoms with van der Waals surface area (Å²) in [6.45, 7) is 6.51. The van der Waals surface area contributed by atoms with Gasteiger partial charge in [0.15, 0.2) is 0 Å². The first-order valence-electron chi connectivity index (χ1n) is 4.57. The Morgan fingerprint density at radius 3 is 2.73 bits per heavy atom. The van der Waals surface area contributed by atoms with Crippen LogP contribution in [-0.4, -0.2) is 27.9 Å². The summed E-state index contributed by atoms with van der Waals surface area (Å²) in [5, 5.41) is 16.0. The zero-order valence-electron chi connectivity index (χ0n) is 9.02. The van der Waals surface area contributed by atoms with E-state index in [1.807, 2.05) is 20.8 Å². The Morgan fingerprint density at radius 1 is 1.53 bits per heavy atom. The van der Waals surface area contributed by atoms with E-state index in [2.05, 4.69) is 10.2 Å². The molecule has 0 saturated heterocycles. The molecule has 15 heavy (non-hydrogen) atoms. The molecule has 0 radical (unpaired) electrons. The highest BCUT2D eigenvalue weighted by Gasteiger charge is 2.12. The summed E-state index contributed by atoms with van der Waals surface area (Å²) in [6, 6.07) is 1.36. The van der Waals surface area contributed by atoms with Crippen LogP contribution in [0.2, 0.25) is 0 Å². The third kappa shape index (κ3) is 3.93. The van der Waals surface area contributed by atoms with Crippen LogP contribution in [-0.2, 0) is 0 Å². The molecule has 0 unspecified atom stereocenters. The van der Waals surface area contributed by atoms with E-state index >= 15 is 0 Å². The maximum atomic E-state index is 10.6. The lowest BCUT2D eigenvalue weighted by Crippen LogP contribution is -2.17. The van der Waals surface area contributed by atoms with Crippen LogP contribution in [0.4, 0.5) is 0 Å². The molecule has 1 N–H and O–H groups in total. The number of rotatable bonds is 3. The molecule has 0 aliphatic rings. The highest BCUT2D eigenvalue weighted by atomic mass is 16.5. The van der Waals surface area contributed by atoms with Crippen molar-refractivity contribution in [3.05, 3.63) is 17.8 Å². The van der Waals surface area contributed by atoms with Crippen LogP contribution < -0.4 is 4.74 Å². The Hall–Kier alpha value is -1.65. The normalized spacial score (nSPS) is 11.1. The molecular formula is C10H14N2O3. The molecule has 0 aliphatic heterocycles. The van der Waals surface area contributed by atoms with Gasteiger partial charge in [-0.15, -0.1) is 5.10 Å². The van der Waals surface area contributed by atoms with E-state index in [9.17, 15) is 4.79 Å². The number of nitrogens with zero attached hydrogens (tertiary/aromatic N) is 2. The molecule has 0 amide bonds. The lowest BCUT2D eigenvalue weighted by Gasteiger charge is -2.17. The fourth-order valence-electron chi connectivity index (χ4n) is 0.825. The fourth-order valence-corrected chi connectivity index (χ4v) is 0.825. The van der Waals surface area contributed by atoms with Crippen LogP contribution in [0.25, 0.3) is 0 Å². The second-order valence-electron chi connectivity index (χ2n) is 4.44. The minimum atomic E-state index is -1.04. The molecule has 0 fully saturated rings. The van der Waals surface area contributed by atoms with E-state index < -0.39 is 5.97 Å². The van der Waals surface area contributed by atoms with Gasteiger partial charge >= 0.3 is 5.97 Å². The predicted octanol–water partition coefficient (Wildman–Crippen LogP) is 1.60.